The maximum absolute atomic E-state index is 13.9. The number of hydrogen-bond donors (Lipinski definition) is 1. The maximum Gasteiger partial charge on any atom is 0.253 e. The second kappa shape index (κ2) is 7.78. The van der Waals surface area contributed by atoms with Gasteiger partial charge in [-0.15, -0.1) is 0 Å². The van der Waals surface area contributed by atoms with Crippen molar-refractivity contribution in [3.8, 4) is 5.75 Å². The molecule has 26 heavy (non-hydrogen) atoms. The highest BCUT2D eigenvalue weighted by atomic mass is 19.1. The average Bonchev–Trinajstić information content (AvgIpc) is 2.67. The number of amides is 1. The van der Waals surface area contributed by atoms with Crippen molar-refractivity contribution in [2.75, 3.05) is 20.2 Å². The lowest BCUT2D eigenvalue weighted by Crippen LogP contribution is -2.39. The van der Waals surface area contributed by atoms with Crippen LogP contribution >= 0.6 is 0 Å². The molecule has 1 aromatic heterocycles. The summed E-state index contributed by atoms with van der Waals surface area (Å²) in [6.07, 6.45) is 3.34. The molecule has 1 unspecified atom stereocenters. The predicted molar refractivity (Wildman–Crippen MR) is 93.5 cm³/mol. The average molecular weight is 359 g/mol. The smallest absolute Gasteiger partial charge is 0.253 e. The minimum Gasteiger partial charge on any atom is -0.494 e. The Bertz CT molecular complexity index is 813. The summed E-state index contributed by atoms with van der Waals surface area (Å²) >= 11 is 0. The number of aromatic nitrogens is 2. The number of aryl methyl sites for hydroxylation is 1. The van der Waals surface area contributed by atoms with Gasteiger partial charge in [0.05, 0.1) is 19.4 Å². The van der Waals surface area contributed by atoms with Gasteiger partial charge in [-0.2, -0.15) is 0 Å². The van der Waals surface area contributed by atoms with Crippen LogP contribution in [-0.4, -0.2) is 46.1 Å². The first-order valence-electron chi connectivity index (χ1n) is 8.59. The summed E-state index contributed by atoms with van der Waals surface area (Å²) in [5.74, 6) is 0.00752. The summed E-state index contributed by atoms with van der Waals surface area (Å²) in [4.78, 5) is 23.1. The number of carbonyl (C=O) groups excluding carboxylic acids is 1. The number of aliphatic hydroxyl groups is 1. The fourth-order valence-corrected chi connectivity index (χ4v) is 3.35. The van der Waals surface area contributed by atoms with Crippen LogP contribution in [0.4, 0.5) is 4.39 Å². The van der Waals surface area contributed by atoms with Crippen molar-refractivity contribution in [1.82, 2.24) is 14.9 Å². The number of nitrogens with zero attached hydrogens (tertiary/aromatic N) is 3. The molecule has 1 saturated heterocycles. The number of carbonyl (C=O) groups is 1. The standard InChI is InChI=1S/C19H22FN3O3/c1-12-21-9-15(11-24)18(22-12)14-4-3-7-23(10-14)19(25)13-5-6-17(26-2)16(20)8-13/h5-6,8-9,14,24H,3-4,7,10-11H2,1-2H3. The monoisotopic (exact) mass is 359 g/mol. The summed E-state index contributed by atoms with van der Waals surface area (Å²) in [5, 5.41) is 9.56. The van der Waals surface area contributed by atoms with E-state index in [1.165, 1.54) is 19.2 Å². The van der Waals surface area contributed by atoms with Gasteiger partial charge in [-0.3, -0.25) is 4.79 Å². The largest absolute Gasteiger partial charge is 0.494 e. The van der Waals surface area contributed by atoms with Gasteiger partial charge in [0, 0.05) is 36.3 Å². The normalized spacial score (nSPS) is 17.2. The van der Waals surface area contributed by atoms with Crippen molar-refractivity contribution in [2.45, 2.75) is 32.3 Å². The lowest BCUT2D eigenvalue weighted by atomic mass is 9.91. The molecule has 7 heteroatoms. The molecule has 1 aliphatic rings. The van der Waals surface area contributed by atoms with Gasteiger partial charge in [0.2, 0.25) is 0 Å². The lowest BCUT2D eigenvalue weighted by molar-refractivity contribution is 0.0704. The van der Waals surface area contributed by atoms with Crippen LogP contribution in [-0.2, 0) is 6.61 Å². The van der Waals surface area contributed by atoms with Gasteiger partial charge >= 0.3 is 0 Å². The third-order valence-corrected chi connectivity index (χ3v) is 4.68. The van der Waals surface area contributed by atoms with E-state index in [4.69, 9.17) is 4.74 Å². The molecule has 1 fully saturated rings. The second-order valence-corrected chi connectivity index (χ2v) is 6.43. The van der Waals surface area contributed by atoms with Crippen molar-refractivity contribution in [2.24, 2.45) is 0 Å². The fourth-order valence-electron chi connectivity index (χ4n) is 3.35. The molecular formula is C19H22FN3O3. The molecule has 1 aromatic carbocycles. The van der Waals surface area contributed by atoms with E-state index in [1.807, 2.05) is 0 Å². The maximum atomic E-state index is 13.9. The molecule has 3 rings (SSSR count). The highest BCUT2D eigenvalue weighted by Crippen LogP contribution is 2.29. The molecule has 0 bridgehead atoms. The number of piperidine rings is 1. The number of halogens is 1. The van der Waals surface area contributed by atoms with Crippen LogP contribution in [0.3, 0.4) is 0 Å². The molecule has 1 atom stereocenters. The Morgan fingerprint density at radius 1 is 1.46 bits per heavy atom. The third-order valence-electron chi connectivity index (χ3n) is 4.68. The van der Waals surface area contributed by atoms with E-state index >= 15 is 0 Å². The van der Waals surface area contributed by atoms with Gasteiger partial charge in [0.1, 0.15) is 5.82 Å². The molecule has 0 saturated carbocycles. The quantitative estimate of drug-likeness (QED) is 0.907. The van der Waals surface area contributed by atoms with Gasteiger partial charge in [-0.25, -0.2) is 14.4 Å². The Kier molecular flexibility index (Phi) is 5.46. The Morgan fingerprint density at radius 2 is 2.27 bits per heavy atom. The molecule has 1 aliphatic heterocycles. The zero-order valence-corrected chi connectivity index (χ0v) is 14.9. The van der Waals surface area contributed by atoms with Crippen molar-refractivity contribution >= 4 is 5.91 Å². The van der Waals surface area contributed by atoms with Crippen LogP contribution in [0.2, 0.25) is 0 Å². The van der Waals surface area contributed by atoms with Gasteiger partial charge in [-0.1, -0.05) is 0 Å². The van der Waals surface area contributed by atoms with Crippen LogP contribution in [0.15, 0.2) is 24.4 Å². The van der Waals surface area contributed by atoms with E-state index in [1.54, 1.807) is 24.1 Å². The number of rotatable bonds is 4. The van der Waals surface area contributed by atoms with E-state index in [0.29, 0.717) is 30.0 Å². The molecule has 2 heterocycles. The van der Waals surface area contributed by atoms with Gasteiger partial charge < -0.3 is 14.7 Å². The van der Waals surface area contributed by atoms with Crippen molar-refractivity contribution in [3.63, 3.8) is 0 Å². The topological polar surface area (TPSA) is 75.5 Å². The number of benzene rings is 1. The minimum atomic E-state index is -0.555. The number of aliphatic hydroxyl groups excluding tert-OH is 1. The van der Waals surface area contributed by atoms with Crippen LogP contribution in [0, 0.1) is 12.7 Å². The molecule has 0 aliphatic carbocycles. The molecular weight excluding hydrogens is 337 g/mol. The van der Waals surface area contributed by atoms with E-state index in [-0.39, 0.29) is 24.2 Å². The number of hydrogen-bond acceptors (Lipinski definition) is 5. The van der Waals surface area contributed by atoms with Crippen LogP contribution < -0.4 is 4.74 Å². The van der Waals surface area contributed by atoms with Crippen LogP contribution in [0.1, 0.15) is 46.2 Å². The zero-order valence-electron chi connectivity index (χ0n) is 14.9. The summed E-state index contributed by atoms with van der Waals surface area (Å²) in [6.45, 7) is 2.76. The Morgan fingerprint density at radius 3 is 2.96 bits per heavy atom. The zero-order chi connectivity index (χ0) is 18.7. The minimum absolute atomic E-state index is 0.0274. The molecule has 0 spiro atoms. The summed E-state index contributed by atoms with van der Waals surface area (Å²) in [7, 11) is 1.39. The number of ether oxygens (including phenoxy) is 1. The van der Waals surface area contributed by atoms with E-state index in [0.717, 1.165) is 18.5 Å². The summed E-state index contributed by atoms with van der Waals surface area (Å²) in [6, 6.07) is 4.24. The second-order valence-electron chi connectivity index (χ2n) is 6.43. The Balaban J connectivity index is 1.81. The van der Waals surface area contributed by atoms with E-state index in [9.17, 15) is 14.3 Å². The van der Waals surface area contributed by atoms with Gasteiger partial charge in [-0.05, 0) is 38.0 Å². The first-order valence-corrected chi connectivity index (χ1v) is 8.59. The highest BCUT2D eigenvalue weighted by molar-refractivity contribution is 5.94. The van der Waals surface area contributed by atoms with Crippen LogP contribution in [0.25, 0.3) is 0 Å². The van der Waals surface area contributed by atoms with Crippen LogP contribution in [0.5, 0.6) is 5.75 Å². The Hall–Kier alpha value is -2.54. The highest BCUT2D eigenvalue weighted by Gasteiger charge is 2.28. The van der Waals surface area contributed by atoms with Crippen molar-refractivity contribution in [3.05, 3.63) is 52.9 Å². The Labute approximate surface area is 151 Å². The first-order chi connectivity index (χ1) is 12.5. The fraction of sp³-hybridized carbons (Fsp3) is 0.421. The van der Waals surface area contributed by atoms with E-state index in [2.05, 4.69) is 9.97 Å². The summed E-state index contributed by atoms with van der Waals surface area (Å²) in [5.41, 5.74) is 1.77. The van der Waals surface area contributed by atoms with Gasteiger partial charge in [0.25, 0.3) is 5.91 Å². The molecule has 6 nitrogen and oxygen atoms in total. The number of likely N-dealkylation sites (tertiary alicyclic amines) is 1. The van der Waals surface area contributed by atoms with Gasteiger partial charge in [0.15, 0.2) is 11.6 Å². The molecule has 1 amide bonds. The van der Waals surface area contributed by atoms with Crippen molar-refractivity contribution < 1.29 is 19.0 Å². The third kappa shape index (κ3) is 3.67. The van der Waals surface area contributed by atoms with E-state index < -0.39 is 5.82 Å². The number of methoxy groups -OCH3 is 1. The molecule has 2 aromatic rings. The first kappa shape index (κ1) is 18.3. The molecule has 0 radical (unpaired) electrons. The van der Waals surface area contributed by atoms with Crippen molar-refractivity contribution in [1.29, 1.82) is 0 Å². The lowest BCUT2D eigenvalue weighted by Gasteiger charge is -2.33. The SMILES string of the molecule is COc1ccc(C(=O)N2CCCC(c3nc(C)ncc3CO)C2)cc1F. The predicted octanol–water partition coefficient (Wildman–Crippen LogP) is 2.44. The summed E-state index contributed by atoms with van der Waals surface area (Å²) < 4.78 is 18.8. The molecule has 138 valence electrons. The molecule has 1 N–H and O–H groups in total.